The molecule has 62 valence electrons. The van der Waals surface area contributed by atoms with Gasteiger partial charge in [-0.3, -0.25) is 4.79 Å². The van der Waals surface area contributed by atoms with Crippen LogP contribution in [0, 0.1) is 0 Å². The van der Waals surface area contributed by atoms with Crippen LogP contribution in [0.25, 0.3) is 0 Å². The molecule has 0 radical (unpaired) electrons. The van der Waals surface area contributed by atoms with Crippen molar-refractivity contribution in [2.45, 2.75) is 26.2 Å². The van der Waals surface area contributed by atoms with Gasteiger partial charge in [-0.1, -0.05) is 12.4 Å². The number of carbonyl (C=O) groups excluding carboxylic acids is 1. The number of hydrogen-bond acceptors (Lipinski definition) is 5. The number of nitrogens with one attached hydrogen (secondary N) is 1. The van der Waals surface area contributed by atoms with Crippen molar-refractivity contribution in [3.63, 3.8) is 0 Å². The summed E-state index contributed by atoms with van der Waals surface area (Å²) >= 11 is 0. The molecule has 0 aliphatic heterocycles. The van der Waals surface area contributed by atoms with Crippen molar-refractivity contribution >= 4 is 35.5 Å². The molecule has 0 aromatic rings. The summed E-state index contributed by atoms with van der Waals surface area (Å²) in [6.07, 6.45) is 0.184. The molecule has 0 amide bonds. The van der Waals surface area contributed by atoms with Crippen LogP contribution in [0.5, 0.6) is 0 Å². The molecule has 0 saturated heterocycles. The number of hydroxylamine groups is 1. The molecule has 3 N–H and O–H groups in total. The van der Waals surface area contributed by atoms with Crippen LogP contribution in [0.1, 0.15) is 20.3 Å². The fraction of sp³-hybridized carbons (Fsp3) is 0.800. The van der Waals surface area contributed by atoms with Crippen LogP contribution >= 0.6 is 0 Å². The van der Waals surface area contributed by atoms with Crippen LogP contribution in [0.2, 0.25) is 0 Å². The van der Waals surface area contributed by atoms with E-state index in [0.717, 1.165) is 6.92 Å². The number of hydrogen-bond donors (Lipinski definition) is 3. The van der Waals surface area contributed by atoms with Gasteiger partial charge in [0.15, 0.2) is 0 Å². The van der Waals surface area contributed by atoms with E-state index in [1.54, 1.807) is 12.4 Å². The Kier molecular flexibility index (Phi) is 7.50. The quantitative estimate of drug-likeness (QED) is 0.274. The zero-order valence-electron chi connectivity index (χ0n) is 5.92. The first-order valence-electron chi connectivity index (χ1n) is 2.87. The molecule has 0 aliphatic carbocycles. The minimum absolute atomic E-state index is 0. The second-order valence-electron chi connectivity index (χ2n) is 1.95. The summed E-state index contributed by atoms with van der Waals surface area (Å²) in [5, 5.41) is 17.1. The van der Waals surface area contributed by atoms with Gasteiger partial charge in [0.1, 0.15) is 0 Å². The maximum absolute atomic E-state index is 10.4. The van der Waals surface area contributed by atoms with E-state index in [9.17, 15) is 4.79 Å². The van der Waals surface area contributed by atoms with E-state index in [1.165, 1.54) is 0 Å². The average Bonchev–Trinajstić information content (AvgIpc) is 1.81. The summed E-state index contributed by atoms with van der Waals surface area (Å²) in [4.78, 5) is 14.5. The molecule has 0 aliphatic rings. The topological polar surface area (TPSA) is 78.8 Å². The molecule has 0 heterocycles. The number of carbonyl (C=O) groups is 1. The zero-order chi connectivity index (χ0) is 8.20. The van der Waals surface area contributed by atoms with Gasteiger partial charge in [-0.2, -0.15) is 0 Å². The summed E-state index contributed by atoms with van der Waals surface area (Å²) in [6.45, 7) is 2.63. The Morgan fingerprint density at radius 3 is 2.36 bits per heavy atom. The number of aliphatic hydroxyl groups is 2. The zero-order valence-corrected chi connectivity index (χ0v) is 5.92. The molecular weight excluding hydrogens is 161 g/mol. The Balaban J connectivity index is 0. The van der Waals surface area contributed by atoms with Gasteiger partial charge in [-0.25, -0.2) is 0 Å². The predicted octanol–water partition coefficient (Wildman–Crippen LogP) is -1.55. The first-order valence-corrected chi connectivity index (χ1v) is 2.87. The SMILES string of the molecule is CCC(=O)ONC(C)(O)O.[NaH]. The van der Waals surface area contributed by atoms with Gasteiger partial charge >= 0.3 is 35.5 Å². The van der Waals surface area contributed by atoms with Crippen molar-refractivity contribution in [3.8, 4) is 0 Å². The second-order valence-corrected chi connectivity index (χ2v) is 1.95. The fourth-order valence-corrected chi connectivity index (χ4v) is 0.226. The van der Waals surface area contributed by atoms with Crippen molar-refractivity contribution in [2.24, 2.45) is 0 Å². The van der Waals surface area contributed by atoms with Crippen molar-refractivity contribution in [1.82, 2.24) is 5.48 Å². The Labute approximate surface area is 87.0 Å². The summed E-state index contributed by atoms with van der Waals surface area (Å²) < 4.78 is 0. The summed E-state index contributed by atoms with van der Waals surface area (Å²) in [7, 11) is 0. The Bertz CT molecular complexity index is 122. The van der Waals surface area contributed by atoms with Crippen LogP contribution < -0.4 is 5.48 Å². The Morgan fingerprint density at radius 2 is 2.09 bits per heavy atom. The van der Waals surface area contributed by atoms with E-state index in [1.807, 2.05) is 0 Å². The predicted molar refractivity (Wildman–Crippen MR) is 39.5 cm³/mol. The van der Waals surface area contributed by atoms with Crippen LogP contribution in [-0.2, 0) is 9.63 Å². The van der Waals surface area contributed by atoms with Gasteiger partial charge in [0, 0.05) is 13.3 Å². The molecule has 0 saturated carbocycles. The van der Waals surface area contributed by atoms with Crippen molar-refractivity contribution in [2.75, 3.05) is 0 Å². The van der Waals surface area contributed by atoms with Gasteiger partial charge in [0.2, 0.25) is 0 Å². The average molecular weight is 173 g/mol. The van der Waals surface area contributed by atoms with Gasteiger partial charge in [0.25, 0.3) is 5.91 Å². The molecule has 0 bridgehead atoms. The van der Waals surface area contributed by atoms with Crippen molar-refractivity contribution in [3.05, 3.63) is 0 Å². The summed E-state index contributed by atoms with van der Waals surface area (Å²) in [5.41, 5.74) is 1.73. The van der Waals surface area contributed by atoms with Crippen LogP contribution in [0.3, 0.4) is 0 Å². The van der Waals surface area contributed by atoms with E-state index in [0.29, 0.717) is 0 Å². The second kappa shape index (κ2) is 5.93. The molecule has 0 fully saturated rings. The van der Waals surface area contributed by atoms with Crippen LogP contribution in [-0.4, -0.2) is 51.7 Å². The van der Waals surface area contributed by atoms with Gasteiger partial charge in [0.05, 0.1) is 0 Å². The monoisotopic (exact) mass is 173 g/mol. The first-order chi connectivity index (χ1) is 4.45. The van der Waals surface area contributed by atoms with Crippen molar-refractivity contribution < 1.29 is 19.8 Å². The van der Waals surface area contributed by atoms with E-state index >= 15 is 0 Å². The number of rotatable bonds is 3. The third kappa shape index (κ3) is 10.4. The van der Waals surface area contributed by atoms with E-state index < -0.39 is 11.9 Å². The molecule has 0 unspecified atom stereocenters. The molecular formula is C5H12NNaO4. The molecule has 0 aromatic carbocycles. The molecule has 5 nitrogen and oxygen atoms in total. The van der Waals surface area contributed by atoms with Crippen LogP contribution in [0.15, 0.2) is 0 Å². The third-order valence-electron chi connectivity index (χ3n) is 0.647. The van der Waals surface area contributed by atoms with Crippen LogP contribution in [0.4, 0.5) is 0 Å². The summed E-state index contributed by atoms with van der Waals surface area (Å²) in [5.74, 6) is -2.71. The Morgan fingerprint density at radius 1 is 1.64 bits per heavy atom. The molecule has 11 heavy (non-hydrogen) atoms. The maximum atomic E-state index is 10.4. The van der Waals surface area contributed by atoms with E-state index in [-0.39, 0.29) is 36.0 Å². The fourth-order valence-electron chi connectivity index (χ4n) is 0.226. The first kappa shape index (κ1) is 13.9. The third-order valence-corrected chi connectivity index (χ3v) is 0.647. The van der Waals surface area contributed by atoms with Crippen molar-refractivity contribution in [1.29, 1.82) is 0 Å². The molecule has 0 aromatic heterocycles. The standard InChI is InChI=1S/C5H11NO4.Na.H/c1-3-4(7)10-6-5(2,8)9;;/h6,8-9H,3H2,1-2H3;;. The Hall–Kier alpha value is 0.350. The summed E-state index contributed by atoms with van der Waals surface area (Å²) in [6, 6.07) is 0. The molecule has 0 rings (SSSR count). The normalized spacial score (nSPS) is 10.2. The van der Waals surface area contributed by atoms with Gasteiger partial charge in [-0.15, -0.1) is 0 Å². The van der Waals surface area contributed by atoms with Gasteiger partial charge in [-0.05, 0) is 0 Å². The molecule has 6 heteroatoms. The van der Waals surface area contributed by atoms with E-state index in [4.69, 9.17) is 10.2 Å². The molecule has 0 spiro atoms. The van der Waals surface area contributed by atoms with Gasteiger partial charge < -0.3 is 15.1 Å². The van der Waals surface area contributed by atoms with E-state index in [2.05, 4.69) is 4.84 Å². The molecule has 0 atom stereocenters. The minimum atomic E-state index is -2.16.